The first kappa shape index (κ1) is 19.7. The highest BCUT2D eigenvalue weighted by atomic mass is 35.5. The summed E-state index contributed by atoms with van der Waals surface area (Å²) < 4.78 is 5.25. The van der Waals surface area contributed by atoms with Crippen molar-refractivity contribution in [1.29, 1.82) is 0 Å². The third-order valence-electron chi connectivity index (χ3n) is 4.74. The van der Waals surface area contributed by atoms with Crippen molar-refractivity contribution in [3.05, 3.63) is 28.5 Å². The summed E-state index contributed by atoms with van der Waals surface area (Å²) in [5.74, 6) is 1.40. The van der Waals surface area contributed by atoms with Crippen LogP contribution in [0.1, 0.15) is 38.3 Å². The van der Waals surface area contributed by atoms with Gasteiger partial charge in [-0.1, -0.05) is 0 Å². The SMILES string of the molecule is Cc1cc2nc(Cl)nc(N3CC(CCNC(=O)OC(C)(C)C)C3)c2cc1C. The van der Waals surface area contributed by atoms with Gasteiger partial charge in [-0.2, -0.15) is 4.98 Å². The molecule has 0 aliphatic carbocycles. The molecule has 7 heteroatoms. The normalized spacial score (nSPS) is 15.0. The molecule has 1 aliphatic heterocycles. The van der Waals surface area contributed by atoms with Crippen LogP contribution in [0.4, 0.5) is 10.6 Å². The Labute approximate surface area is 165 Å². The maximum atomic E-state index is 11.7. The lowest BCUT2D eigenvalue weighted by Gasteiger charge is -2.40. The highest BCUT2D eigenvalue weighted by Crippen LogP contribution is 2.32. The molecule has 146 valence electrons. The van der Waals surface area contributed by atoms with E-state index in [0.717, 1.165) is 36.2 Å². The molecule has 6 nitrogen and oxygen atoms in total. The van der Waals surface area contributed by atoms with Crippen molar-refractivity contribution in [2.45, 2.75) is 46.6 Å². The smallest absolute Gasteiger partial charge is 0.407 e. The largest absolute Gasteiger partial charge is 0.444 e. The van der Waals surface area contributed by atoms with Crippen molar-refractivity contribution in [1.82, 2.24) is 15.3 Å². The topological polar surface area (TPSA) is 67.4 Å². The highest BCUT2D eigenvalue weighted by molar-refractivity contribution is 6.28. The fourth-order valence-corrected chi connectivity index (χ4v) is 3.37. The Morgan fingerprint density at radius 2 is 1.93 bits per heavy atom. The van der Waals surface area contributed by atoms with Gasteiger partial charge in [0, 0.05) is 25.0 Å². The Kier molecular flexibility index (Phi) is 5.47. The molecule has 1 N–H and O–H groups in total. The Morgan fingerprint density at radius 1 is 1.26 bits per heavy atom. The molecular formula is C20H27ClN4O2. The van der Waals surface area contributed by atoms with E-state index in [9.17, 15) is 4.79 Å². The van der Waals surface area contributed by atoms with E-state index in [4.69, 9.17) is 16.3 Å². The van der Waals surface area contributed by atoms with Crippen molar-refractivity contribution >= 4 is 34.4 Å². The van der Waals surface area contributed by atoms with Crippen molar-refractivity contribution in [3.63, 3.8) is 0 Å². The summed E-state index contributed by atoms with van der Waals surface area (Å²) in [5.41, 5.74) is 2.82. The van der Waals surface area contributed by atoms with Crippen LogP contribution in [-0.4, -0.2) is 41.3 Å². The molecule has 0 spiro atoms. The second kappa shape index (κ2) is 7.50. The summed E-state index contributed by atoms with van der Waals surface area (Å²) in [5, 5.41) is 4.13. The number of anilines is 1. The zero-order valence-electron chi connectivity index (χ0n) is 16.6. The lowest BCUT2D eigenvalue weighted by atomic mass is 9.95. The summed E-state index contributed by atoms with van der Waals surface area (Å²) in [7, 11) is 0. The number of fused-ring (bicyclic) bond motifs is 1. The van der Waals surface area contributed by atoms with Gasteiger partial charge in [0.25, 0.3) is 0 Å². The summed E-state index contributed by atoms with van der Waals surface area (Å²) >= 11 is 6.14. The molecule has 0 radical (unpaired) electrons. The van der Waals surface area contributed by atoms with E-state index in [-0.39, 0.29) is 11.4 Å². The maximum absolute atomic E-state index is 11.7. The Balaban J connectivity index is 1.58. The van der Waals surface area contributed by atoms with E-state index in [0.29, 0.717) is 12.5 Å². The van der Waals surface area contributed by atoms with E-state index < -0.39 is 5.60 Å². The fraction of sp³-hybridized carbons (Fsp3) is 0.550. The summed E-state index contributed by atoms with van der Waals surface area (Å²) in [4.78, 5) is 22.8. The van der Waals surface area contributed by atoms with Gasteiger partial charge in [-0.3, -0.25) is 0 Å². The number of aromatic nitrogens is 2. The third kappa shape index (κ3) is 4.80. The summed E-state index contributed by atoms with van der Waals surface area (Å²) in [6.07, 6.45) is 0.544. The average molecular weight is 391 g/mol. The first-order valence-electron chi connectivity index (χ1n) is 9.28. The highest BCUT2D eigenvalue weighted by Gasteiger charge is 2.29. The molecule has 0 saturated carbocycles. The number of amides is 1. The van der Waals surface area contributed by atoms with Gasteiger partial charge in [0.15, 0.2) is 0 Å². The summed E-state index contributed by atoms with van der Waals surface area (Å²) in [6.45, 7) is 12.1. The number of nitrogens with zero attached hydrogens (tertiary/aromatic N) is 3. The van der Waals surface area contributed by atoms with Crippen LogP contribution in [0.15, 0.2) is 12.1 Å². The molecule has 1 aromatic carbocycles. The van der Waals surface area contributed by atoms with Crippen molar-refractivity contribution in [2.75, 3.05) is 24.5 Å². The van der Waals surface area contributed by atoms with E-state index >= 15 is 0 Å². The number of rotatable bonds is 4. The molecule has 3 rings (SSSR count). The fourth-order valence-electron chi connectivity index (χ4n) is 3.20. The van der Waals surface area contributed by atoms with E-state index in [1.165, 1.54) is 11.1 Å². The Hall–Kier alpha value is -2.08. The second-order valence-electron chi connectivity index (χ2n) is 8.26. The molecule has 27 heavy (non-hydrogen) atoms. The van der Waals surface area contributed by atoms with Crippen LogP contribution in [0.3, 0.4) is 0 Å². The van der Waals surface area contributed by atoms with Gasteiger partial charge >= 0.3 is 6.09 Å². The monoisotopic (exact) mass is 390 g/mol. The van der Waals surface area contributed by atoms with Gasteiger partial charge in [-0.15, -0.1) is 0 Å². The number of hydrogen-bond donors (Lipinski definition) is 1. The van der Waals surface area contributed by atoms with Crippen molar-refractivity contribution in [3.8, 4) is 0 Å². The third-order valence-corrected chi connectivity index (χ3v) is 4.91. The summed E-state index contributed by atoms with van der Waals surface area (Å²) in [6, 6.07) is 4.19. The predicted molar refractivity (Wildman–Crippen MR) is 109 cm³/mol. The number of aryl methyl sites for hydroxylation is 2. The molecular weight excluding hydrogens is 364 g/mol. The van der Waals surface area contributed by atoms with Gasteiger partial charge in [-0.05, 0) is 81.8 Å². The number of carbonyl (C=O) groups is 1. The van der Waals surface area contributed by atoms with Gasteiger partial charge in [0.05, 0.1) is 5.52 Å². The molecule has 0 unspecified atom stereocenters. The van der Waals surface area contributed by atoms with Crippen molar-refractivity contribution in [2.24, 2.45) is 5.92 Å². The minimum Gasteiger partial charge on any atom is -0.444 e. The molecule has 0 bridgehead atoms. The van der Waals surface area contributed by atoms with Crippen molar-refractivity contribution < 1.29 is 9.53 Å². The maximum Gasteiger partial charge on any atom is 0.407 e. The second-order valence-corrected chi connectivity index (χ2v) is 8.60. The zero-order chi connectivity index (χ0) is 19.8. The van der Waals surface area contributed by atoms with Crippen LogP contribution in [0, 0.1) is 19.8 Å². The van der Waals surface area contributed by atoms with Crippen LogP contribution in [0.5, 0.6) is 0 Å². The quantitative estimate of drug-likeness (QED) is 0.790. The van der Waals surface area contributed by atoms with Gasteiger partial charge in [-0.25, -0.2) is 9.78 Å². The molecule has 1 saturated heterocycles. The first-order valence-corrected chi connectivity index (χ1v) is 9.66. The molecule has 2 heterocycles. The van der Waals surface area contributed by atoms with Gasteiger partial charge in [0.1, 0.15) is 11.4 Å². The molecule has 0 atom stereocenters. The number of ether oxygens (including phenoxy) is 1. The minimum atomic E-state index is -0.471. The van der Waals surface area contributed by atoms with Crippen LogP contribution >= 0.6 is 11.6 Å². The number of nitrogens with one attached hydrogen (secondary N) is 1. The number of carbonyl (C=O) groups excluding carboxylic acids is 1. The number of alkyl carbamates (subject to hydrolysis) is 1. The van der Waals surface area contributed by atoms with E-state index in [2.05, 4.69) is 46.2 Å². The van der Waals surface area contributed by atoms with Crippen LogP contribution < -0.4 is 10.2 Å². The Bertz CT molecular complexity index is 857. The molecule has 1 aromatic heterocycles. The minimum absolute atomic E-state index is 0.274. The lowest BCUT2D eigenvalue weighted by Crippen LogP contribution is -2.48. The lowest BCUT2D eigenvalue weighted by molar-refractivity contribution is 0.0524. The molecule has 1 aliphatic rings. The zero-order valence-corrected chi connectivity index (χ0v) is 17.4. The Morgan fingerprint density at radius 3 is 2.59 bits per heavy atom. The standard InChI is InChI=1S/C20H27ClN4O2/c1-12-8-15-16(9-13(12)2)23-18(21)24-17(15)25-10-14(11-25)6-7-22-19(26)27-20(3,4)5/h8-9,14H,6-7,10-11H2,1-5H3,(H,22,26). The van der Waals surface area contributed by atoms with Gasteiger partial charge in [0.2, 0.25) is 5.28 Å². The molecule has 1 fully saturated rings. The van der Waals surface area contributed by atoms with E-state index in [1.807, 2.05) is 20.8 Å². The molecule has 1 amide bonds. The predicted octanol–water partition coefficient (Wildman–Crippen LogP) is 4.25. The van der Waals surface area contributed by atoms with Gasteiger partial charge < -0.3 is 15.0 Å². The van der Waals surface area contributed by atoms with Crippen LogP contribution in [0.25, 0.3) is 10.9 Å². The van der Waals surface area contributed by atoms with E-state index in [1.54, 1.807) is 0 Å². The number of hydrogen-bond acceptors (Lipinski definition) is 5. The first-order chi connectivity index (χ1) is 12.6. The number of benzene rings is 1. The average Bonchev–Trinajstić information content (AvgIpc) is 2.49. The van der Waals surface area contributed by atoms with Crippen LogP contribution in [-0.2, 0) is 4.74 Å². The van der Waals surface area contributed by atoms with Crippen LogP contribution in [0.2, 0.25) is 5.28 Å². The number of halogens is 1. The molecule has 2 aromatic rings.